The minimum atomic E-state index is -4.04. The molecule has 3 N–H and O–H groups in total. The highest BCUT2D eigenvalue weighted by Crippen LogP contribution is 2.24. The van der Waals surface area contributed by atoms with Crippen molar-refractivity contribution in [1.82, 2.24) is 9.44 Å². The number of hydrogen-bond acceptors (Lipinski definition) is 6. The van der Waals surface area contributed by atoms with E-state index in [2.05, 4.69) is 9.44 Å². The monoisotopic (exact) mass is 392 g/mol. The van der Waals surface area contributed by atoms with Crippen LogP contribution in [0.15, 0.2) is 0 Å². The molecule has 0 aliphatic heterocycles. The lowest BCUT2D eigenvalue weighted by molar-refractivity contribution is 0.404. The zero-order valence-electron chi connectivity index (χ0n) is 12.9. The predicted octanol–water partition coefficient (Wildman–Crippen LogP) is -0.566. The zero-order chi connectivity index (χ0) is 17.7. The number of rotatable bonds is 9. The molecule has 1 saturated carbocycles. The van der Waals surface area contributed by atoms with Crippen LogP contribution in [0, 0.1) is 0 Å². The molecule has 9 nitrogen and oxygen atoms in total. The Kier molecular flexibility index (Phi) is 7.41. The van der Waals surface area contributed by atoms with Gasteiger partial charge in [0.2, 0.25) is 20.0 Å². The van der Waals surface area contributed by atoms with Crippen molar-refractivity contribution >= 4 is 30.2 Å². The molecule has 1 aliphatic rings. The summed E-state index contributed by atoms with van der Waals surface area (Å²) >= 11 is 0. The van der Waals surface area contributed by atoms with Crippen LogP contribution in [0.1, 0.15) is 38.5 Å². The summed E-state index contributed by atoms with van der Waals surface area (Å²) in [5.41, 5.74) is 0. The summed E-state index contributed by atoms with van der Waals surface area (Å²) in [5.74, 6) is -0.420. The third-order valence-electron chi connectivity index (χ3n) is 3.60. The SMILES string of the molecule is CS(=O)(=O)NC1CCCCC1S(=O)(=O)NCCCCS(=O)(=O)O. The van der Waals surface area contributed by atoms with E-state index in [1.807, 2.05) is 0 Å². The van der Waals surface area contributed by atoms with Crippen molar-refractivity contribution in [1.29, 1.82) is 0 Å². The second-order valence-electron chi connectivity index (χ2n) is 5.75. The minimum absolute atomic E-state index is 0.0416. The maximum Gasteiger partial charge on any atom is 0.264 e. The molecule has 12 heteroatoms. The molecule has 1 aliphatic carbocycles. The summed E-state index contributed by atoms with van der Waals surface area (Å²) in [4.78, 5) is 0. The van der Waals surface area contributed by atoms with Gasteiger partial charge in [-0.15, -0.1) is 0 Å². The van der Waals surface area contributed by atoms with Crippen LogP contribution in [-0.4, -0.2) is 59.7 Å². The molecule has 0 spiro atoms. The summed E-state index contributed by atoms with van der Waals surface area (Å²) in [5, 5.41) is -0.840. The van der Waals surface area contributed by atoms with Crippen LogP contribution in [0.25, 0.3) is 0 Å². The van der Waals surface area contributed by atoms with Crippen LogP contribution in [0.2, 0.25) is 0 Å². The van der Waals surface area contributed by atoms with Crippen LogP contribution >= 0.6 is 0 Å². The molecule has 1 fully saturated rings. The Labute approximate surface area is 138 Å². The molecule has 2 unspecified atom stereocenters. The Morgan fingerprint density at radius 2 is 1.61 bits per heavy atom. The van der Waals surface area contributed by atoms with E-state index < -0.39 is 47.2 Å². The third-order valence-corrected chi connectivity index (χ3v) is 7.10. The summed E-state index contributed by atoms with van der Waals surface area (Å²) < 4.78 is 81.9. The van der Waals surface area contributed by atoms with E-state index in [1.54, 1.807) is 0 Å². The van der Waals surface area contributed by atoms with Gasteiger partial charge in [0, 0.05) is 12.6 Å². The van der Waals surface area contributed by atoms with Gasteiger partial charge < -0.3 is 0 Å². The summed E-state index contributed by atoms with van der Waals surface area (Å²) in [6, 6.07) is -0.658. The minimum Gasteiger partial charge on any atom is -0.286 e. The molecular formula is C11H24N2O7S3. The first kappa shape index (κ1) is 20.8. The largest absolute Gasteiger partial charge is 0.286 e. The van der Waals surface area contributed by atoms with Gasteiger partial charge >= 0.3 is 0 Å². The fourth-order valence-electron chi connectivity index (χ4n) is 2.61. The predicted molar refractivity (Wildman–Crippen MR) is 86.6 cm³/mol. The first-order chi connectivity index (χ1) is 10.4. The first-order valence-corrected chi connectivity index (χ1v) is 12.4. The van der Waals surface area contributed by atoms with E-state index in [0.29, 0.717) is 19.3 Å². The number of hydrogen-bond donors (Lipinski definition) is 3. The van der Waals surface area contributed by atoms with E-state index in [4.69, 9.17) is 4.55 Å². The molecule has 0 radical (unpaired) electrons. The maximum absolute atomic E-state index is 12.3. The summed E-state index contributed by atoms with van der Waals surface area (Å²) in [6.07, 6.45) is 3.68. The Hall–Kier alpha value is -0.270. The van der Waals surface area contributed by atoms with Crippen molar-refractivity contribution in [2.45, 2.75) is 49.8 Å². The lowest BCUT2D eigenvalue weighted by atomic mass is 9.96. The lowest BCUT2D eigenvalue weighted by Crippen LogP contribution is -2.51. The molecule has 0 aromatic rings. The fourth-order valence-corrected chi connectivity index (χ4v) is 5.85. The van der Waals surface area contributed by atoms with Crippen LogP contribution in [0.4, 0.5) is 0 Å². The van der Waals surface area contributed by atoms with E-state index in [1.165, 1.54) is 0 Å². The van der Waals surface area contributed by atoms with Gasteiger partial charge in [0.25, 0.3) is 10.1 Å². The molecule has 0 amide bonds. The zero-order valence-corrected chi connectivity index (χ0v) is 15.4. The summed E-state index contributed by atoms with van der Waals surface area (Å²) in [6.45, 7) is 0.0416. The molecule has 2 atom stereocenters. The van der Waals surface area contributed by atoms with E-state index in [-0.39, 0.29) is 19.4 Å². The normalized spacial score (nSPS) is 23.7. The average molecular weight is 393 g/mol. The molecule has 0 aromatic heterocycles. The molecule has 0 saturated heterocycles. The Morgan fingerprint density at radius 3 is 2.17 bits per heavy atom. The Balaban J connectivity index is 2.58. The molecule has 1 rings (SSSR count). The van der Waals surface area contributed by atoms with E-state index >= 15 is 0 Å². The standard InChI is InChI=1S/C11H24N2O7S3/c1-21(14,15)13-10-6-2-3-7-11(10)23(19,20)12-8-4-5-9-22(16,17)18/h10-13H,2-9H2,1H3,(H,16,17,18). The van der Waals surface area contributed by atoms with Crippen molar-refractivity contribution in [3.05, 3.63) is 0 Å². The van der Waals surface area contributed by atoms with Gasteiger partial charge in [0.15, 0.2) is 0 Å². The molecule has 138 valence electrons. The van der Waals surface area contributed by atoms with Gasteiger partial charge in [0.1, 0.15) is 0 Å². The second-order valence-corrected chi connectivity index (χ2v) is 11.1. The van der Waals surface area contributed by atoms with Crippen molar-refractivity contribution < 1.29 is 29.8 Å². The van der Waals surface area contributed by atoms with Crippen molar-refractivity contribution in [2.24, 2.45) is 0 Å². The molecule has 0 aromatic carbocycles. The van der Waals surface area contributed by atoms with Crippen LogP contribution < -0.4 is 9.44 Å². The highest BCUT2D eigenvalue weighted by atomic mass is 32.2. The smallest absolute Gasteiger partial charge is 0.264 e. The maximum atomic E-state index is 12.3. The van der Waals surface area contributed by atoms with Crippen molar-refractivity contribution in [2.75, 3.05) is 18.6 Å². The van der Waals surface area contributed by atoms with Gasteiger partial charge in [-0.1, -0.05) is 12.8 Å². The fraction of sp³-hybridized carbons (Fsp3) is 1.00. The van der Waals surface area contributed by atoms with Gasteiger partial charge in [0.05, 0.1) is 17.3 Å². The van der Waals surface area contributed by atoms with Gasteiger partial charge in [-0.05, 0) is 25.7 Å². The number of sulfonamides is 2. The molecule has 23 heavy (non-hydrogen) atoms. The van der Waals surface area contributed by atoms with Crippen LogP contribution in [0.5, 0.6) is 0 Å². The van der Waals surface area contributed by atoms with E-state index in [0.717, 1.165) is 12.7 Å². The molecule has 0 bridgehead atoms. The Bertz CT molecular complexity index is 685. The van der Waals surface area contributed by atoms with Crippen molar-refractivity contribution in [3.63, 3.8) is 0 Å². The van der Waals surface area contributed by atoms with Gasteiger partial charge in [-0.3, -0.25) is 4.55 Å². The summed E-state index contributed by atoms with van der Waals surface area (Å²) in [7, 11) is -11.3. The topological polar surface area (TPSA) is 147 Å². The lowest BCUT2D eigenvalue weighted by Gasteiger charge is -2.31. The highest BCUT2D eigenvalue weighted by molar-refractivity contribution is 7.90. The highest BCUT2D eigenvalue weighted by Gasteiger charge is 2.36. The van der Waals surface area contributed by atoms with Crippen LogP contribution in [0.3, 0.4) is 0 Å². The Morgan fingerprint density at radius 1 is 1.00 bits per heavy atom. The van der Waals surface area contributed by atoms with E-state index in [9.17, 15) is 25.3 Å². The van der Waals surface area contributed by atoms with Crippen LogP contribution in [-0.2, 0) is 30.2 Å². The third kappa shape index (κ3) is 8.40. The first-order valence-electron chi connectivity index (χ1n) is 7.32. The number of unbranched alkanes of at least 4 members (excludes halogenated alkanes) is 1. The van der Waals surface area contributed by atoms with Gasteiger partial charge in [-0.25, -0.2) is 26.3 Å². The van der Waals surface area contributed by atoms with Gasteiger partial charge in [-0.2, -0.15) is 8.42 Å². The quantitative estimate of drug-likeness (QED) is 0.352. The number of nitrogens with one attached hydrogen (secondary N) is 2. The second kappa shape index (κ2) is 8.21. The molecular weight excluding hydrogens is 368 g/mol. The average Bonchev–Trinajstić information content (AvgIpc) is 2.35. The van der Waals surface area contributed by atoms with Crippen molar-refractivity contribution in [3.8, 4) is 0 Å². The molecule has 0 heterocycles.